The number of aryl methyl sites for hydroxylation is 2. The quantitative estimate of drug-likeness (QED) is 0.748. The summed E-state index contributed by atoms with van der Waals surface area (Å²) in [4.78, 5) is 29.6. The summed E-state index contributed by atoms with van der Waals surface area (Å²) in [6.45, 7) is 5.31. The predicted molar refractivity (Wildman–Crippen MR) is 115 cm³/mol. The molecule has 152 valence electrons. The van der Waals surface area contributed by atoms with Gasteiger partial charge in [-0.3, -0.25) is 14.5 Å². The van der Waals surface area contributed by atoms with Crippen molar-refractivity contribution in [1.29, 1.82) is 0 Å². The molecule has 5 rings (SSSR count). The number of carbonyl (C=O) groups is 2. The third kappa shape index (κ3) is 3.38. The first kappa shape index (κ1) is 18.8. The van der Waals surface area contributed by atoms with E-state index >= 15 is 0 Å². The molecule has 0 aromatic heterocycles. The second-order valence-corrected chi connectivity index (χ2v) is 9.05. The Labute approximate surface area is 172 Å². The summed E-state index contributed by atoms with van der Waals surface area (Å²) < 4.78 is 0. The van der Waals surface area contributed by atoms with Crippen LogP contribution in [-0.4, -0.2) is 53.7 Å². The topological polar surface area (TPSA) is 40.6 Å². The summed E-state index contributed by atoms with van der Waals surface area (Å²) in [5.41, 5.74) is 3.72. The lowest BCUT2D eigenvalue weighted by atomic mass is 9.86. The van der Waals surface area contributed by atoms with Gasteiger partial charge >= 0.3 is 0 Å². The highest BCUT2D eigenvalue weighted by Crippen LogP contribution is 2.35. The second kappa shape index (κ2) is 7.56. The van der Waals surface area contributed by atoms with Crippen molar-refractivity contribution in [2.75, 3.05) is 26.2 Å². The van der Waals surface area contributed by atoms with E-state index in [4.69, 9.17) is 0 Å². The molecule has 29 heavy (non-hydrogen) atoms. The fourth-order valence-electron chi connectivity index (χ4n) is 5.78. The summed E-state index contributed by atoms with van der Waals surface area (Å²) in [5, 5.41) is 2.50. The fourth-order valence-corrected chi connectivity index (χ4v) is 5.78. The number of ketones is 1. The molecule has 2 saturated heterocycles. The molecule has 2 fully saturated rings. The minimum Gasteiger partial charge on any atom is -0.343 e. The van der Waals surface area contributed by atoms with Crippen molar-refractivity contribution in [1.82, 2.24) is 9.80 Å². The first-order chi connectivity index (χ1) is 14.1. The SMILES string of the molecule is CC(=O)N1CCC(N2CCC[C@@H](C(=O)c3ccc4c5c(cccc35)CC4)C2)CC1. The highest BCUT2D eigenvalue weighted by molar-refractivity contribution is 6.11. The molecule has 0 spiro atoms. The van der Waals surface area contributed by atoms with Crippen LogP contribution in [0.4, 0.5) is 0 Å². The maximum Gasteiger partial charge on any atom is 0.219 e. The van der Waals surface area contributed by atoms with E-state index in [0.29, 0.717) is 11.8 Å². The second-order valence-electron chi connectivity index (χ2n) is 9.05. The highest BCUT2D eigenvalue weighted by Gasteiger charge is 2.33. The molecule has 1 aliphatic carbocycles. The Morgan fingerprint density at radius 2 is 1.69 bits per heavy atom. The van der Waals surface area contributed by atoms with Crippen molar-refractivity contribution in [3.05, 3.63) is 47.0 Å². The smallest absolute Gasteiger partial charge is 0.219 e. The van der Waals surface area contributed by atoms with Gasteiger partial charge in [0.25, 0.3) is 0 Å². The maximum absolute atomic E-state index is 13.5. The van der Waals surface area contributed by atoms with Crippen molar-refractivity contribution >= 4 is 22.5 Å². The molecule has 0 radical (unpaired) electrons. The standard InChI is InChI=1S/C25H30N2O2/c1-17(28)26-14-11-21(12-15-26)27-13-3-5-20(16-27)25(29)23-10-9-19-8-7-18-4-2-6-22(23)24(18)19/h2,4,6,9-10,20-21H,3,5,7-8,11-16H2,1H3/t20-/m1/s1. The Kier molecular flexibility index (Phi) is 4.91. The van der Waals surface area contributed by atoms with Gasteiger partial charge in [0.05, 0.1) is 0 Å². The van der Waals surface area contributed by atoms with Crippen molar-refractivity contribution in [2.45, 2.75) is 51.5 Å². The number of Topliss-reactive ketones (excluding diaryl/α,β-unsaturated/α-hetero) is 1. The van der Waals surface area contributed by atoms with E-state index in [0.717, 1.165) is 75.7 Å². The van der Waals surface area contributed by atoms with Crippen LogP contribution in [0.2, 0.25) is 0 Å². The number of hydrogen-bond donors (Lipinski definition) is 0. The van der Waals surface area contributed by atoms with E-state index in [1.54, 1.807) is 6.92 Å². The van der Waals surface area contributed by atoms with Crippen molar-refractivity contribution in [3.63, 3.8) is 0 Å². The number of hydrogen-bond acceptors (Lipinski definition) is 3. The molecule has 2 aromatic carbocycles. The van der Waals surface area contributed by atoms with Gasteiger partial charge < -0.3 is 4.90 Å². The van der Waals surface area contributed by atoms with Crippen LogP contribution in [0, 0.1) is 5.92 Å². The van der Waals surface area contributed by atoms with Crippen LogP contribution in [0.3, 0.4) is 0 Å². The molecule has 4 heteroatoms. The summed E-state index contributed by atoms with van der Waals surface area (Å²) in [6.07, 6.45) is 6.33. The van der Waals surface area contributed by atoms with E-state index in [-0.39, 0.29) is 11.8 Å². The molecule has 0 saturated carbocycles. The monoisotopic (exact) mass is 390 g/mol. The van der Waals surface area contributed by atoms with Gasteiger partial charge in [-0.25, -0.2) is 0 Å². The van der Waals surface area contributed by atoms with E-state index in [2.05, 4.69) is 35.2 Å². The van der Waals surface area contributed by atoms with E-state index in [1.807, 2.05) is 4.90 Å². The van der Waals surface area contributed by atoms with Crippen LogP contribution < -0.4 is 0 Å². The zero-order valence-corrected chi connectivity index (χ0v) is 17.3. The number of rotatable bonds is 3. The lowest BCUT2D eigenvalue weighted by molar-refractivity contribution is -0.130. The average molecular weight is 391 g/mol. The van der Waals surface area contributed by atoms with Gasteiger partial charge in [-0.2, -0.15) is 0 Å². The van der Waals surface area contributed by atoms with Crippen molar-refractivity contribution in [3.8, 4) is 0 Å². The van der Waals surface area contributed by atoms with Crippen molar-refractivity contribution < 1.29 is 9.59 Å². The molecular weight excluding hydrogens is 360 g/mol. The third-order valence-corrected chi connectivity index (χ3v) is 7.39. The molecule has 2 aromatic rings. The first-order valence-corrected chi connectivity index (χ1v) is 11.2. The molecule has 1 amide bonds. The Hall–Kier alpha value is -2.20. The summed E-state index contributed by atoms with van der Waals surface area (Å²) >= 11 is 0. The fraction of sp³-hybridized carbons (Fsp3) is 0.520. The van der Waals surface area contributed by atoms with E-state index in [1.165, 1.54) is 16.5 Å². The normalized spacial score (nSPS) is 22.9. The Morgan fingerprint density at radius 3 is 2.45 bits per heavy atom. The van der Waals surface area contributed by atoms with Crippen LogP contribution in [0.1, 0.15) is 54.1 Å². The predicted octanol–water partition coefficient (Wildman–Crippen LogP) is 3.84. The molecule has 0 unspecified atom stereocenters. The van der Waals surface area contributed by atoms with Gasteiger partial charge in [-0.15, -0.1) is 0 Å². The Morgan fingerprint density at radius 1 is 0.931 bits per heavy atom. The van der Waals surface area contributed by atoms with Crippen LogP contribution in [-0.2, 0) is 17.6 Å². The van der Waals surface area contributed by atoms with Gasteiger partial charge in [-0.05, 0) is 67.0 Å². The van der Waals surface area contributed by atoms with Crippen LogP contribution in [0.5, 0.6) is 0 Å². The molecule has 3 aliphatic rings. The van der Waals surface area contributed by atoms with E-state index < -0.39 is 0 Å². The van der Waals surface area contributed by atoms with E-state index in [9.17, 15) is 9.59 Å². The lowest BCUT2D eigenvalue weighted by Crippen LogP contribution is -2.50. The maximum atomic E-state index is 13.5. The molecule has 0 bridgehead atoms. The first-order valence-electron chi connectivity index (χ1n) is 11.2. The lowest BCUT2D eigenvalue weighted by Gasteiger charge is -2.42. The number of piperidine rings is 2. The van der Waals surface area contributed by atoms with Crippen LogP contribution in [0.25, 0.3) is 10.8 Å². The summed E-state index contributed by atoms with van der Waals surface area (Å²) in [5.74, 6) is 0.599. The molecule has 2 heterocycles. The van der Waals surface area contributed by atoms with Gasteiger partial charge in [0, 0.05) is 44.1 Å². The Bertz CT molecular complexity index is 948. The minimum absolute atomic E-state index is 0.0908. The van der Waals surface area contributed by atoms with Crippen molar-refractivity contribution in [2.24, 2.45) is 5.92 Å². The van der Waals surface area contributed by atoms with Gasteiger partial charge in [0.2, 0.25) is 5.91 Å². The number of likely N-dealkylation sites (tertiary alicyclic amines) is 2. The van der Waals surface area contributed by atoms with Crippen LogP contribution in [0.15, 0.2) is 30.3 Å². The number of nitrogens with zero attached hydrogens (tertiary/aromatic N) is 2. The molecule has 1 atom stereocenters. The number of benzene rings is 2. The molecule has 2 aliphatic heterocycles. The molecule has 0 N–H and O–H groups in total. The zero-order chi connectivity index (χ0) is 20.0. The summed E-state index contributed by atoms with van der Waals surface area (Å²) in [6, 6.07) is 11.2. The minimum atomic E-state index is 0.0908. The number of carbonyl (C=O) groups excluding carboxylic acids is 2. The third-order valence-electron chi connectivity index (χ3n) is 7.39. The average Bonchev–Trinajstić information content (AvgIpc) is 3.19. The number of amides is 1. The van der Waals surface area contributed by atoms with Gasteiger partial charge in [0.1, 0.15) is 0 Å². The molecular formula is C25H30N2O2. The van der Waals surface area contributed by atoms with Gasteiger partial charge in [-0.1, -0.05) is 30.3 Å². The largest absolute Gasteiger partial charge is 0.343 e. The molecule has 4 nitrogen and oxygen atoms in total. The van der Waals surface area contributed by atoms with Gasteiger partial charge in [0.15, 0.2) is 5.78 Å². The Balaban J connectivity index is 1.34. The zero-order valence-electron chi connectivity index (χ0n) is 17.3. The highest BCUT2D eigenvalue weighted by atomic mass is 16.2. The van der Waals surface area contributed by atoms with Crippen LogP contribution >= 0.6 is 0 Å². The summed E-state index contributed by atoms with van der Waals surface area (Å²) in [7, 11) is 0.